The molecule has 2 aromatic heterocycles. The lowest BCUT2D eigenvalue weighted by molar-refractivity contribution is -0.141. The van der Waals surface area contributed by atoms with Crippen LogP contribution in [0.2, 0.25) is 0 Å². The highest BCUT2D eigenvalue weighted by Gasteiger charge is 2.35. The van der Waals surface area contributed by atoms with Gasteiger partial charge < -0.3 is 9.15 Å². The molecule has 1 N–H and O–H groups in total. The van der Waals surface area contributed by atoms with Crippen LogP contribution in [0.1, 0.15) is 31.9 Å². The topological polar surface area (TPSA) is 88.4 Å². The van der Waals surface area contributed by atoms with Gasteiger partial charge in [-0.3, -0.25) is 5.10 Å². The van der Waals surface area contributed by atoms with Crippen LogP contribution in [0.4, 0.5) is 13.2 Å². The number of ether oxygens (including phenoxy) is 1. The minimum Gasteiger partial charge on any atom is -0.442 e. The summed E-state index contributed by atoms with van der Waals surface area (Å²) in [7, 11) is -3.90. The molecule has 1 atom stereocenters. The number of aromatic nitrogens is 2. The molecule has 7 nitrogen and oxygen atoms in total. The Balaban J connectivity index is 1.77. The normalized spacial score (nSPS) is 19.5. The maximum Gasteiger partial charge on any atom is 0.432 e. The van der Waals surface area contributed by atoms with Gasteiger partial charge in [0.2, 0.25) is 5.09 Å². The van der Waals surface area contributed by atoms with Crippen LogP contribution < -0.4 is 0 Å². The largest absolute Gasteiger partial charge is 0.442 e. The van der Waals surface area contributed by atoms with Crippen molar-refractivity contribution in [1.82, 2.24) is 14.5 Å². The number of nitrogens with zero attached hydrogens (tertiary/aromatic N) is 2. The Morgan fingerprint density at radius 1 is 1.41 bits per heavy atom. The van der Waals surface area contributed by atoms with Gasteiger partial charge in [-0.25, -0.2) is 8.42 Å². The summed E-state index contributed by atoms with van der Waals surface area (Å²) in [5, 5.41) is 5.08. The number of rotatable bonds is 6. The van der Waals surface area contributed by atoms with E-state index in [4.69, 9.17) is 9.15 Å². The van der Waals surface area contributed by atoms with Gasteiger partial charge >= 0.3 is 6.18 Å². The van der Waals surface area contributed by atoms with Crippen LogP contribution in [-0.2, 0) is 20.9 Å². The molecular weight excluding hydrogens is 387 g/mol. The first kappa shape index (κ1) is 19.9. The molecule has 0 radical (unpaired) electrons. The van der Waals surface area contributed by atoms with Crippen molar-refractivity contribution in [1.29, 1.82) is 0 Å². The number of halogens is 3. The number of aromatic amines is 1. The lowest BCUT2D eigenvalue weighted by atomic mass is 10.1. The van der Waals surface area contributed by atoms with Crippen molar-refractivity contribution in [3.8, 4) is 11.5 Å². The number of alkyl halides is 3. The van der Waals surface area contributed by atoms with E-state index >= 15 is 0 Å². The molecular formula is C16H20F3N3O4S. The summed E-state index contributed by atoms with van der Waals surface area (Å²) in [6, 6.07) is 3.28. The fourth-order valence-electron chi connectivity index (χ4n) is 2.86. The van der Waals surface area contributed by atoms with Crippen LogP contribution in [0, 0.1) is 0 Å². The van der Waals surface area contributed by atoms with Gasteiger partial charge in [-0.1, -0.05) is 6.92 Å². The zero-order valence-electron chi connectivity index (χ0n) is 14.6. The fraction of sp³-hybridized carbons (Fsp3) is 0.562. The molecule has 0 spiro atoms. The van der Waals surface area contributed by atoms with Crippen molar-refractivity contribution < 1.29 is 30.7 Å². The molecule has 1 fully saturated rings. The molecule has 1 saturated heterocycles. The number of hydrogen-bond donors (Lipinski definition) is 1. The van der Waals surface area contributed by atoms with E-state index in [0.29, 0.717) is 19.6 Å². The van der Waals surface area contributed by atoms with Crippen molar-refractivity contribution in [2.24, 2.45) is 0 Å². The second kappa shape index (κ2) is 7.64. The van der Waals surface area contributed by atoms with Crippen LogP contribution in [0.15, 0.2) is 27.7 Å². The van der Waals surface area contributed by atoms with Crippen molar-refractivity contribution in [3.05, 3.63) is 23.9 Å². The Labute approximate surface area is 154 Å². The lowest BCUT2D eigenvalue weighted by Crippen LogP contribution is -2.43. The highest BCUT2D eigenvalue weighted by Crippen LogP contribution is 2.32. The molecule has 0 bridgehead atoms. The summed E-state index contributed by atoms with van der Waals surface area (Å²) in [4.78, 5) is 0. The van der Waals surface area contributed by atoms with Gasteiger partial charge in [0, 0.05) is 19.7 Å². The van der Waals surface area contributed by atoms with Gasteiger partial charge in [0.1, 0.15) is 11.4 Å². The van der Waals surface area contributed by atoms with Gasteiger partial charge in [0.25, 0.3) is 10.0 Å². The summed E-state index contributed by atoms with van der Waals surface area (Å²) in [5.74, 6) is -0.0592. The maximum atomic E-state index is 12.8. The van der Waals surface area contributed by atoms with Crippen LogP contribution in [0.25, 0.3) is 11.5 Å². The third-order valence-corrected chi connectivity index (χ3v) is 5.95. The Kier molecular flexibility index (Phi) is 5.63. The highest BCUT2D eigenvalue weighted by molar-refractivity contribution is 7.89. The molecule has 0 amide bonds. The van der Waals surface area contributed by atoms with Crippen LogP contribution in [0.3, 0.4) is 0 Å². The Morgan fingerprint density at radius 3 is 2.85 bits per heavy atom. The van der Waals surface area contributed by atoms with E-state index in [1.54, 1.807) is 0 Å². The second-order valence-corrected chi connectivity index (χ2v) is 8.15. The number of furan rings is 1. The molecule has 3 heterocycles. The monoisotopic (exact) mass is 407 g/mol. The first-order valence-corrected chi connectivity index (χ1v) is 10.0. The standard InChI is InChI=1S/C16H20F3N3O4S/c1-2-8-25-11-4-3-7-22(10-11)27(23,24)15-6-5-13(26-15)12-9-14(21-20-12)16(17,18)19/h5-6,9,11H,2-4,7-8,10H2,1H3,(H,20,21). The third kappa shape index (κ3) is 4.36. The maximum absolute atomic E-state index is 12.8. The Morgan fingerprint density at radius 2 is 2.19 bits per heavy atom. The smallest absolute Gasteiger partial charge is 0.432 e. The van der Waals surface area contributed by atoms with E-state index < -0.39 is 21.9 Å². The molecule has 1 aliphatic heterocycles. The van der Waals surface area contributed by atoms with Gasteiger partial charge in [0.05, 0.1) is 6.10 Å². The lowest BCUT2D eigenvalue weighted by Gasteiger charge is -2.31. The summed E-state index contributed by atoms with van der Waals surface area (Å²) in [6.45, 7) is 3.09. The molecule has 1 aliphatic rings. The Bertz CT molecular complexity index is 876. The van der Waals surface area contributed by atoms with Crippen LogP contribution >= 0.6 is 0 Å². The third-order valence-electron chi connectivity index (χ3n) is 4.21. The molecule has 0 aliphatic carbocycles. The quantitative estimate of drug-likeness (QED) is 0.794. The van der Waals surface area contributed by atoms with E-state index in [-0.39, 0.29) is 29.2 Å². The average Bonchev–Trinajstić information content (AvgIpc) is 3.29. The molecule has 1 unspecified atom stereocenters. The van der Waals surface area contributed by atoms with Crippen LogP contribution in [0.5, 0.6) is 0 Å². The zero-order valence-corrected chi connectivity index (χ0v) is 15.4. The average molecular weight is 407 g/mol. The van der Waals surface area contributed by atoms with Crippen molar-refractivity contribution in [2.75, 3.05) is 19.7 Å². The summed E-state index contributed by atoms with van der Waals surface area (Å²) in [5.41, 5.74) is -1.16. The fourth-order valence-corrected chi connectivity index (χ4v) is 4.28. The first-order chi connectivity index (χ1) is 12.7. The number of nitrogens with one attached hydrogen (secondary N) is 1. The molecule has 0 aromatic carbocycles. The molecule has 11 heteroatoms. The van der Waals surface area contributed by atoms with E-state index in [0.717, 1.165) is 18.9 Å². The summed E-state index contributed by atoms with van der Waals surface area (Å²) < 4.78 is 75.8. The van der Waals surface area contributed by atoms with Crippen molar-refractivity contribution >= 4 is 10.0 Å². The molecule has 150 valence electrons. The second-order valence-electron chi connectivity index (χ2n) is 6.28. The summed E-state index contributed by atoms with van der Waals surface area (Å²) >= 11 is 0. The van der Waals surface area contributed by atoms with Gasteiger partial charge in [-0.2, -0.15) is 22.6 Å². The van der Waals surface area contributed by atoms with Gasteiger partial charge in [-0.15, -0.1) is 0 Å². The number of H-pyrrole nitrogens is 1. The van der Waals surface area contributed by atoms with E-state index in [9.17, 15) is 21.6 Å². The van der Waals surface area contributed by atoms with E-state index in [2.05, 4.69) is 5.10 Å². The van der Waals surface area contributed by atoms with E-state index in [1.807, 2.05) is 12.0 Å². The Hall–Kier alpha value is -1.85. The molecule has 0 saturated carbocycles. The predicted octanol–water partition coefficient (Wildman–Crippen LogP) is 3.27. The van der Waals surface area contributed by atoms with Crippen molar-refractivity contribution in [2.45, 2.75) is 43.6 Å². The van der Waals surface area contributed by atoms with Gasteiger partial charge in [0.15, 0.2) is 5.76 Å². The zero-order chi connectivity index (χ0) is 19.7. The molecule has 27 heavy (non-hydrogen) atoms. The SMILES string of the molecule is CCCOC1CCCN(S(=O)(=O)c2ccc(-c3cc(C(F)(F)F)[nH]n3)o2)C1. The highest BCUT2D eigenvalue weighted by atomic mass is 32.2. The predicted molar refractivity (Wildman–Crippen MR) is 89.3 cm³/mol. The number of piperidine rings is 1. The van der Waals surface area contributed by atoms with Gasteiger partial charge in [-0.05, 0) is 37.5 Å². The molecule has 2 aromatic rings. The van der Waals surface area contributed by atoms with Crippen LogP contribution in [-0.4, -0.2) is 48.7 Å². The van der Waals surface area contributed by atoms with Crippen molar-refractivity contribution in [3.63, 3.8) is 0 Å². The molecule has 3 rings (SSSR count). The minimum absolute atomic E-state index is 0.0592. The first-order valence-electron chi connectivity index (χ1n) is 8.56. The number of sulfonamides is 1. The summed E-state index contributed by atoms with van der Waals surface area (Å²) in [6.07, 6.45) is -2.47. The minimum atomic E-state index is -4.58. The van der Waals surface area contributed by atoms with E-state index in [1.165, 1.54) is 16.4 Å². The number of hydrogen-bond acceptors (Lipinski definition) is 5.